The van der Waals surface area contributed by atoms with E-state index < -0.39 is 23.3 Å². The van der Waals surface area contributed by atoms with Gasteiger partial charge in [0.1, 0.15) is 23.0 Å². The summed E-state index contributed by atoms with van der Waals surface area (Å²) in [5.74, 6) is -1.33. The lowest BCUT2D eigenvalue weighted by molar-refractivity contribution is -0.123. The molecule has 0 bridgehead atoms. The van der Waals surface area contributed by atoms with Gasteiger partial charge in [0.25, 0.3) is 17.7 Å². The first-order valence-corrected chi connectivity index (χ1v) is 21.8. The SMILES string of the molecule is Cc1ncsc1-c1ccc([C@@H](C)CC(=O)NCCCCCCCCCNC(=O)COc2ccc3c(c2)[C@H](NC(=O)C(=N)/C=C(\O)c2ccc(C(=O)N(C)C)c(O)c2)CC3)cc1. The summed E-state index contributed by atoms with van der Waals surface area (Å²) in [5, 5.41) is 37.9. The molecule has 3 aromatic carbocycles. The van der Waals surface area contributed by atoms with Gasteiger partial charge in [-0.1, -0.05) is 75.4 Å². The number of thiazole rings is 1. The van der Waals surface area contributed by atoms with E-state index in [9.17, 15) is 29.4 Å². The molecule has 4 aromatic rings. The van der Waals surface area contributed by atoms with E-state index in [4.69, 9.17) is 10.1 Å². The molecule has 2 atom stereocenters. The predicted octanol–water partition coefficient (Wildman–Crippen LogP) is 7.78. The van der Waals surface area contributed by atoms with Crippen LogP contribution in [0.3, 0.4) is 0 Å². The van der Waals surface area contributed by atoms with Gasteiger partial charge in [-0.05, 0) is 85.0 Å². The Morgan fingerprint density at radius 3 is 2.25 bits per heavy atom. The number of hydrogen-bond donors (Lipinski definition) is 6. The van der Waals surface area contributed by atoms with Crippen LogP contribution in [0.1, 0.15) is 115 Å². The van der Waals surface area contributed by atoms with E-state index in [1.54, 1.807) is 37.6 Å². The normalized spacial score (nSPS) is 13.8. The van der Waals surface area contributed by atoms with Crippen molar-refractivity contribution in [3.05, 3.63) is 106 Å². The molecule has 0 aliphatic heterocycles. The van der Waals surface area contributed by atoms with Crippen LogP contribution in [0.2, 0.25) is 0 Å². The molecule has 5 rings (SSSR count). The van der Waals surface area contributed by atoms with Crippen LogP contribution in [0.25, 0.3) is 16.2 Å². The number of aryl methyl sites for hydroxylation is 2. The van der Waals surface area contributed by atoms with Crippen LogP contribution in [-0.4, -0.2) is 83.2 Å². The Morgan fingerprint density at radius 1 is 0.934 bits per heavy atom. The highest BCUT2D eigenvalue weighted by atomic mass is 32.1. The van der Waals surface area contributed by atoms with Crippen LogP contribution in [0.5, 0.6) is 11.5 Å². The van der Waals surface area contributed by atoms with Gasteiger partial charge in [-0.2, -0.15) is 0 Å². The molecule has 1 aliphatic rings. The molecule has 0 radical (unpaired) electrons. The summed E-state index contributed by atoms with van der Waals surface area (Å²) in [6.07, 6.45) is 10.0. The summed E-state index contributed by atoms with van der Waals surface area (Å²) in [5.41, 5.74) is 6.81. The molecule has 1 aromatic heterocycles. The first-order chi connectivity index (χ1) is 29.3. The van der Waals surface area contributed by atoms with E-state index >= 15 is 0 Å². The third kappa shape index (κ3) is 13.5. The van der Waals surface area contributed by atoms with Crippen molar-refractivity contribution in [2.45, 2.75) is 90.0 Å². The predicted molar refractivity (Wildman–Crippen MR) is 239 cm³/mol. The number of aliphatic hydroxyl groups is 1. The summed E-state index contributed by atoms with van der Waals surface area (Å²) >= 11 is 1.64. The minimum absolute atomic E-state index is 0.0617. The molecule has 0 saturated carbocycles. The molecule has 14 heteroatoms. The van der Waals surface area contributed by atoms with Crippen LogP contribution in [0.4, 0.5) is 0 Å². The fourth-order valence-electron chi connectivity index (χ4n) is 7.25. The van der Waals surface area contributed by atoms with Crippen LogP contribution >= 0.6 is 11.3 Å². The van der Waals surface area contributed by atoms with Crippen LogP contribution < -0.4 is 20.7 Å². The monoisotopic (exact) mass is 850 g/mol. The molecule has 1 aliphatic carbocycles. The molecule has 6 N–H and O–H groups in total. The number of aliphatic hydroxyl groups excluding tert-OH is 1. The van der Waals surface area contributed by atoms with Crippen LogP contribution in [0.15, 0.2) is 72.3 Å². The number of amides is 4. The molecule has 324 valence electrons. The van der Waals surface area contributed by atoms with Crippen molar-refractivity contribution < 1.29 is 34.1 Å². The van der Waals surface area contributed by atoms with E-state index in [1.807, 2.05) is 18.5 Å². The van der Waals surface area contributed by atoms with Crippen LogP contribution in [-0.2, 0) is 20.8 Å². The first kappa shape index (κ1) is 46.1. The van der Waals surface area contributed by atoms with Gasteiger partial charge in [-0.15, -0.1) is 11.3 Å². The summed E-state index contributed by atoms with van der Waals surface area (Å²) < 4.78 is 5.77. The van der Waals surface area contributed by atoms with Crippen molar-refractivity contribution in [3.63, 3.8) is 0 Å². The van der Waals surface area contributed by atoms with Crippen molar-refractivity contribution in [1.82, 2.24) is 25.8 Å². The summed E-state index contributed by atoms with van der Waals surface area (Å²) in [4.78, 5) is 57.0. The summed E-state index contributed by atoms with van der Waals surface area (Å²) in [6.45, 7) is 5.23. The van der Waals surface area contributed by atoms with Crippen molar-refractivity contribution in [1.29, 1.82) is 5.41 Å². The Labute approximate surface area is 362 Å². The first-order valence-electron chi connectivity index (χ1n) is 20.9. The Balaban J connectivity index is 0.908. The molecule has 1 heterocycles. The zero-order valence-corrected chi connectivity index (χ0v) is 36.3. The largest absolute Gasteiger partial charge is 0.507 e. The zero-order chi connectivity index (χ0) is 43.9. The number of nitrogens with zero attached hydrogens (tertiary/aromatic N) is 2. The molecule has 0 spiro atoms. The maximum absolute atomic E-state index is 12.9. The number of ether oxygens (including phenoxy) is 1. The van der Waals surface area contributed by atoms with E-state index in [1.165, 1.54) is 28.0 Å². The Hall–Kier alpha value is -6.02. The molecule has 0 saturated heterocycles. The average Bonchev–Trinajstić information content (AvgIpc) is 3.86. The third-order valence-electron chi connectivity index (χ3n) is 10.8. The van der Waals surface area contributed by atoms with Crippen LogP contribution in [0, 0.1) is 12.3 Å². The molecule has 4 amide bonds. The smallest absolute Gasteiger partial charge is 0.269 e. The van der Waals surface area contributed by atoms with Gasteiger partial charge in [-0.25, -0.2) is 4.98 Å². The van der Waals surface area contributed by atoms with Gasteiger partial charge in [0.2, 0.25) is 5.91 Å². The van der Waals surface area contributed by atoms with E-state index in [-0.39, 0.29) is 47.3 Å². The zero-order valence-electron chi connectivity index (χ0n) is 35.5. The quantitative estimate of drug-likeness (QED) is 0.0262. The molecular formula is C47H58N6O7S. The number of carbonyl (C=O) groups excluding carboxylic acids is 4. The summed E-state index contributed by atoms with van der Waals surface area (Å²) in [7, 11) is 3.11. The Kier molecular flexibility index (Phi) is 17.0. The lowest BCUT2D eigenvalue weighted by Gasteiger charge is -2.15. The Bertz CT molecular complexity index is 2200. The lowest BCUT2D eigenvalue weighted by Crippen LogP contribution is -2.32. The summed E-state index contributed by atoms with van der Waals surface area (Å²) in [6, 6.07) is 17.6. The molecule has 0 unspecified atom stereocenters. The van der Waals surface area contributed by atoms with Gasteiger partial charge >= 0.3 is 0 Å². The molecule has 0 fully saturated rings. The molecule has 13 nitrogen and oxygen atoms in total. The second-order valence-corrected chi connectivity index (χ2v) is 16.6. The molecular weight excluding hydrogens is 793 g/mol. The highest BCUT2D eigenvalue weighted by Gasteiger charge is 2.26. The van der Waals surface area contributed by atoms with E-state index in [2.05, 4.69) is 52.1 Å². The molecule has 61 heavy (non-hydrogen) atoms. The highest BCUT2D eigenvalue weighted by molar-refractivity contribution is 7.13. The average molecular weight is 851 g/mol. The number of aromatic nitrogens is 1. The number of unbranched alkanes of at least 4 members (excludes halogenated alkanes) is 6. The number of fused-ring (bicyclic) bond motifs is 1. The Morgan fingerprint density at radius 2 is 1.61 bits per heavy atom. The topological polar surface area (TPSA) is 194 Å². The number of phenolic OH excluding ortho intramolecular Hbond substituents is 1. The maximum Gasteiger partial charge on any atom is 0.269 e. The third-order valence-corrected chi connectivity index (χ3v) is 11.8. The number of phenols is 1. The fraction of sp³-hybridized carbons (Fsp3) is 0.404. The van der Waals surface area contributed by atoms with Crippen molar-refractivity contribution in [3.8, 4) is 21.9 Å². The van der Waals surface area contributed by atoms with E-state index in [0.29, 0.717) is 31.7 Å². The highest BCUT2D eigenvalue weighted by Crippen LogP contribution is 2.34. The van der Waals surface area contributed by atoms with Gasteiger partial charge in [0, 0.05) is 45.2 Å². The number of carbonyl (C=O) groups is 4. The van der Waals surface area contributed by atoms with Crippen molar-refractivity contribution in [2.75, 3.05) is 33.8 Å². The lowest BCUT2D eigenvalue weighted by atomic mass is 9.96. The van der Waals surface area contributed by atoms with Gasteiger partial charge < -0.3 is 35.8 Å². The number of rotatable bonds is 22. The van der Waals surface area contributed by atoms with Gasteiger partial charge in [0.15, 0.2) is 6.61 Å². The van der Waals surface area contributed by atoms with Gasteiger partial charge in [-0.3, -0.25) is 24.6 Å². The minimum atomic E-state index is -0.693. The number of nitrogens with one attached hydrogen (secondary N) is 4. The number of benzene rings is 3. The number of hydrogen-bond acceptors (Lipinski definition) is 10. The standard InChI is InChI=1S/C47H58N6O7S/c1-30(32-12-14-34(15-13-32)45-31(2)51-29-61-45)24-43(56)49-22-10-8-6-5-7-9-11-23-50-44(57)28-60-36-19-16-33-18-21-40(38(33)26-36)52-46(58)39(48)27-41(54)35-17-20-37(42(55)25-35)47(59)53(3)4/h12-17,19-20,25-27,29-30,40,48,54-55H,5-11,18,21-24,28H2,1-4H3,(H,49,56)(H,50,57)(H,52,58)/b41-27-,48-39?/t30-,40+/m0/s1. The van der Waals surface area contributed by atoms with Gasteiger partial charge in [0.05, 0.1) is 27.7 Å². The van der Waals surface area contributed by atoms with E-state index in [0.717, 1.165) is 85.4 Å². The minimum Gasteiger partial charge on any atom is -0.507 e. The second kappa shape index (κ2) is 22.5. The van der Waals surface area contributed by atoms with Crippen molar-refractivity contribution in [2.24, 2.45) is 0 Å². The maximum atomic E-state index is 12.9. The number of aromatic hydroxyl groups is 1. The fourth-order valence-corrected chi connectivity index (χ4v) is 8.07. The van der Waals surface area contributed by atoms with Crippen molar-refractivity contribution >= 4 is 46.4 Å². The second-order valence-electron chi connectivity index (χ2n) is 15.8.